The maximum absolute atomic E-state index is 11.2. The lowest BCUT2D eigenvalue weighted by Crippen LogP contribution is -2.18. The molecule has 1 aliphatic carbocycles. The van der Waals surface area contributed by atoms with Crippen LogP contribution >= 0.6 is 0 Å². The maximum atomic E-state index is 11.2. The Morgan fingerprint density at radius 2 is 1.80 bits per heavy atom. The predicted molar refractivity (Wildman–Crippen MR) is 84.5 cm³/mol. The molecule has 0 amide bonds. The number of hydrogen-bond acceptors (Lipinski definition) is 2. The molecule has 2 nitrogen and oxygen atoms in total. The minimum Gasteiger partial charge on any atom is -0.462 e. The zero-order valence-corrected chi connectivity index (χ0v) is 13.6. The molecule has 20 heavy (non-hydrogen) atoms. The van der Waals surface area contributed by atoms with E-state index in [9.17, 15) is 4.79 Å². The van der Waals surface area contributed by atoms with Crippen molar-refractivity contribution in [2.75, 3.05) is 6.61 Å². The van der Waals surface area contributed by atoms with Gasteiger partial charge in [0.25, 0.3) is 0 Å². The van der Waals surface area contributed by atoms with Crippen molar-refractivity contribution in [2.45, 2.75) is 72.1 Å². The molecular formula is C18H32O2. The Balaban J connectivity index is 1.97. The second kappa shape index (κ2) is 9.20. The molecule has 0 saturated heterocycles. The first-order valence-electron chi connectivity index (χ1n) is 8.33. The molecule has 1 aliphatic rings. The van der Waals surface area contributed by atoms with Crippen LogP contribution < -0.4 is 0 Å². The van der Waals surface area contributed by atoms with Crippen molar-refractivity contribution in [1.29, 1.82) is 0 Å². The van der Waals surface area contributed by atoms with Crippen molar-refractivity contribution in [3.8, 4) is 0 Å². The third kappa shape index (κ3) is 6.58. The Labute approximate surface area is 125 Å². The van der Waals surface area contributed by atoms with Crippen LogP contribution in [0.1, 0.15) is 72.1 Å². The van der Waals surface area contributed by atoms with Crippen molar-refractivity contribution in [3.05, 3.63) is 12.2 Å². The quantitative estimate of drug-likeness (QED) is 0.350. The van der Waals surface area contributed by atoms with Gasteiger partial charge >= 0.3 is 5.97 Å². The van der Waals surface area contributed by atoms with Gasteiger partial charge in [-0.15, -0.1) is 0 Å². The van der Waals surface area contributed by atoms with Crippen molar-refractivity contribution in [1.82, 2.24) is 0 Å². The number of carbonyl (C=O) groups is 1. The van der Waals surface area contributed by atoms with E-state index in [4.69, 9.17) is 4.74 Å². The molecule has 0 spiro atoms. The molecule has 0 aromatic carbocycles. The highest BCUT2D eigenvalue weighted by molar-refractivity contribution is 5.86. The number of rotatable bonds is 8. The highest BCUT2D eigenvalue weighted by atomic mass is 16.5. The van der Waals surface area contributed by atoms with Crippen molar-refractivity contribution in [3.63, 3.8) is 0 Å². The first-order chi connectivity index (χ1) is 9.50. The van der Waals surface area contributed by atoms with Crippen molar-refractivity contribution in [2.24, 2.45) is 17.8 Å². The fourth-order valence-corrected chi connectivity index (χ4v) is 3.14. The number of hydrogen-bond donors (Lipinski definition) is 0. The summed E-state index contributed by atoms with van der Waals surface area (Å²) in [6.07, 6.45) is 10.5. The lowest BCUT2D eigenvalue weighted by Gasteiger charge is -2.30. The van der Waals surface area contributed by atoms with Gasteiger partial charge in [0.1, 0.15) is 0 Å². The molecule has 116 valence electrons. The smallest absolute Gasteiger partial charge is 0.333 e. The third-order valence-electron chi connectivity index (χ3n) is 4.67. The summed E-state index contributed by atoms with van der Waals surface area (Å²) >= 11 is 0. The van der Waals surface area contributed by atoms with E-state index in [2.05, 4.69) is 20.4 Å². The van der Waals surface area contributed by atoms with Crippen molar-refractivity contribution < 1.29 is 9.53 Å². The van der Waals surface area contributed by atoms with E-state index in [1.807, 2.05) is 0 Å². The minimum atomic E-state index is -0.253. The molecule has 0 heterocycles. The minimum absolute atomic E-state index is 0.253. The van der Waals surface area contributed by atoms with Gasteiger partial charge in [-0.05, 0) is 43.9 Å². The predicted octanol–water partition coefficient (Wildman–Crippen LogP) is 5.13. The van der Waals surface area contributed by atoms with Gasteiger partial charge in [-0.3, -0.25) is 0 Å². The SMILES string of the molecule is C=C(C)C(=O)OCCCCCC1CCC(C(C)C)CC1. The molecule has 0 radical (unpaired) electrons. The standard InChI is InChI=1S/C18H32O2/c1-14(2)17-11-9-16(10-12-17)8-6-5-7-13-20-18(19)15(3)4/h14,16-17H,3,5-13H2,1-2,4H3. The molecular weight excluding hydrogens is 248 g/mol. The number of unbranched alkanes of at least 4 members (excludes halogenated alkanes) is 2. The molecule has 2 heteroatoms. The van der Waals surface area contributed by atoms with Gasteiger partial charge in [-0.1, -0.05) is 52.5 Å². The third-order valence-corrected chi connectivity index (χ3v) is 4.67. The lowest BCUT2D eigenvalue weighted by molar-refractivity contribution is -0.139. The molecule has 1 saturated carbocycles. The van der Waals surface area contributed by atoms with E-state index in [1.165, 1.54) is 44.9 Å². The normalized spacial score (nSPS) is 22.8. The monoisotopic (exact) mass is 280 g/mol. The fourth-order valence-electron chi connectivity index (χ4n) is 3.14. The summed E-state index contributed by atoms with van der Waals surface area (Å²) in [4.78, 5) is 11.2. The summed E-state index contributed by atoms with van der Waals surface area (Å²) in [5.41, 5.74) is 0.493. The Hall–Kier alpha value is -0.790. The van der Waals surface area contributed by atoms with Crippen LogP contribution in [0, 0.1) is 17.8 Å². The summed E-state index contributed by atoms with van der Waals surface area (Å²) < 4.78 is 5.10. The van der Waals surface area contributed by atoms with Gasteiger partial charge in [-0.2, -0.15) is 0 Å². The number of esters is 1. The summed E-state index contributed by atoms with van der Waals surface area (Å²) in [7, 11) is 0. The number of ether oxygens (including phenoxy) is 1. The largest absolute Gasteiger partial charge is 0.462 e. The molecule has 0 aromatic rings. The van der Waals surface area contributed by atoms with Gasteiger partial charge in [0.2, 0.25) is 0 Å². The summed E-state index contributed by atoms with van der Waals surface area (Å²) in [6, 6.07) is 0. The van der Waals surface area contributed by atoms with Crippen LogP contribution in [-0.4, -0.2) is 12.6 Å². The number of carbonyl (C=O) groups excluding carboxylic acids is 1. The van der Waals surface area contributed by atoms with E-state index >= 15 is 0 Å². The van der Waals surface area contributed by atoms with E-state index in [0.29, 0.717) is 12.2 Å². The first-order valence-corrected chi connectivity index (χ1v) is 8.33. The summed E-state index contributed by atoms with van der Waals surface area (Å²) in [6.45, 7) is 10.5. The molecule has 1 rings (SSSR count). The molecule has 0 aliphatic heterocycles. The Kier molecular flexibility index (Phi) is 7.94. The van der Waals surface area contributed by atoms with Crippen LogP contribution in [0.3, 0.4) is 0 Å². The van der Waals surface area contributed by atoms with Crippen LogP contribution in [0.4, 0.5) is 0 Å². The Bertz CT molecular complexity index is 299. The van der Waals surface area contributed by atoms with E-state index in [0.717, 1.165) is 24.2 Å². The molecule has 0 unspecified atom stereocenters. The molecule has 0 atom stereocenters. The van der Waals surface area contributed by atoms with Crippen LogP contribution in [0.5, 0.6) is 0 Å². The van der Waals surface area contributed by atoms with Crippen LogP contribution in [0.25, 0.3) is 0 Å². The fraction of sp³-hybridized carbons (Fsp3) is 0.833. The second-order valence-corrected chi connectivity index (χ2v) is 6.79. The summed E-state index contributed by atoms with van der Waals surface area (Å²) in [5, 5.41) is 0. The topological polar surface area (TPSA) is 26.3 Å². The van der Waals surface area contributed by atoms with E-state index in [1.54, 1.807) is 6.92 Å². The van der Waals surface area contributed by atoms with E-state index < -0.39 is 0 Å². The van der Waals surface area contributed by atoms with Crippen LogP contribution in [0.15, 0.2) is 12.2 Å². The zero-order valence-electron chi connectivity index (χ0n) is 13.6. The van der Waals surface area contributed by atoms with Gasteiger partial charge in [0.05, 0.1) is 6.61 Å². The zero-order chi connectivity index (χ0) is 15.0. The van der Waals surface area contributed by atoms with Gasteiger partial charge in [-0.25, -0.2) is 4.79 Å². The van der Waals surface area contributed by atoms with Crippen LogP contribution in [-0.2, 0) is 9.53 Å². The van der Waals surface area contributed by atoms with Crippen LogP contribution in [0.2, 0.25) is 0 Å². The van der Waals surface area contributed by atoms with Gasteiger partial charge < -0.3 is 4.74 Å². The maximum Gasteiger partial charge on any atom is 0.333 e. The highest BCUT2D eigenvalue weighted by Gasteiger charge is 2.22. The van der Waals surface area contributed by atoms with E-state index in [-0.39, 0.29) is 5.97 Å². The molecule has 0 bridgehead atoms. The summed E-state index contributed by atoms with van der Waals surface area (Å²) in [5.74, 6) is 2.52. The average Bonchev–Trinajstić information content (AvgIpc) is 2.42. The molecule has 0 aromatic heterocycles. The molecule has 0 N–H and O–H groups in total. The van der Waals surface area contributed by atoms with Gasteiger partial charge in [0, 0.05) is 5.57 Å². The lowest BCUT2D eigenvalue weighted by atomic mass is 9.75. The Morgan fingerprint density at radius 1 is 1.15 bits per heavy atom. The second-order valence-electron chi connectivity index (χ2n) is 6.79. The molecule has 1 fully saturated rings. The van der Waals surface area contributed by atoms with Gasteiger partial charge in [0.15, 0.2) is 0 Å². The first kappa shape index (κ1) is 17.3. The Morgan fingerprint density at radius 3 is 2.35 bits per heavy atom. The average molecular weight is 280 g/mol. The highest BCUT2D eigenvalue weighted by Crippen LogP contribution is 2.35. The van der Waals surface area contributed by atoms with Crippen molar-refractivity contribution >= 4 is 5.97 Å².